The third-order valence-corrected chi connectivity index (χ3v) is 4.46. The maximum Gasteiger partial charge on any atom is 0.306 e. The van der Waals surface area contributed by atoms with E-state index in [2.05, 4.69) is 5.32 Å². The van der Waals surface area contributed by atoms with Gasteiger partial charge >= 0.3 is 5.97 Å². The fourth-order valence-electron chi connectivity index (χ4n) is 2.52. The molecule has 0 radical (unpaired) electrons. The Balaban J connectivity index is 1.67. The Morgan fingerprint density at radius 3 is 2.41 bits per heavy atom. The molecule has 1 amide bonds. The van der Waals surface area contributed by atoms with Gasteiger partial charge in [0.1, 0.15) is 5.75 Å². The minimum absolute atomic E-state index is 0.184. The molecule has 2 rings (SSSR count). The zero-order valence-electron chi connectivity index (χ0n) is 15.8. The number of anilines is 1. The largest absolute Gasteiger partial charge is 0.494 e. The Hall–Kier alpha value is -2.53. The van der Waals surface area contributed by atoms with Crippen LogP contribution in [0.5, 0.6) is 5.75 Å². The van der Waals surface area contributed by atoms with E-state index in [1.807, 2.05) is 45.0 Å². The summed E-state index contributed by atoms with van der Waals surface area (Å²) in [6.07, 6.45) is 0.683. The highest BCUT2D eigenvalue weighted by atomic mass is 35.5. The number of ether oxygens (including phenoxy) is 2. The molecular formula is C21H24ClNO4. The van der Waals surface area contributed by atoms with E-state index >= 15 is 0 Å². The van der Waals surface area contributed by atoms with Crippen molar-refractivity contribution in [3.63, 3.8) is 0 Å². The van der Waals surface area contributed by atoms with E-state index in [1.165, 1.54) is 0 Å². The maximum atomic E-state index is 12.0. The summed E-state index contributed by atoms with van der Waals surface area (Å²) in [4.78, 5) is 23.7. The van der Waals surface area contributed by atoms with E-state index in [0.717, 1.165) is 22.4 Å². The standard InChI is InChI=1S/C21H24ClNO4/c1-14-6-4-7-15(2)21(14)23-19(24)13-27-20(25)8-5-11-26-17-9-10-18(22)16(3)12-17/h4,6-7,9-10,12H,5,8,11,13H2,1-3H3,(H,23,24). The van der Waals surface area contributed by atoms with Crippen LogP contribution >= 0.6 is 11.6 Å². The van der Waals surface area contributed by atoms with E-state index in [1.54, 1.807) is 12.1 Å². The highest BCUT2D eigenvalue weighted by Crippen LogP contribution is 2.21. The highest BCUT2D eigenvalue weighted by molar-refractivity contribution is 6.31. The topological polar surface area (TPSA) is 64.6 Å². The molecule has 0 atom stereocenters. The third kappa shape index (κ3) is 6.61. The van der Waals surface area contributed by atoms with Gasteiger partial charge in [0.05, 0.1) is 6.61 Å². The minimum Gasteiger partial charge on any atom is -0.494 e. The summed E-state index contributed by atoms with van der Waals surface area (Å²) in [6.45, 7) is 5.80. The van der Waals surface area contributed by atoms with Crippen molar-refractivity contribution >= 4 is 29.2 Å². The van der Waals surface area contributed by atoms with Crippen molar-refractivity contribution in [3.8, 4) is 5.75 Å². The van der Waals surface area contributed by atoms with Crippen LogP contribution in [-0.2, 0) is 14.3 Å². The number of rotatable bonds is 8. The first kappa shape index (κ1) is 20.8. The third-order valence-electron chi connectivity index (χ3n) is 4.03. The van der Waals surface area contributed by atoms with Crippen LogP contribution < -0.4 is 10.1 Å². The van der Waals surface area contributed by atoms with E-state index in [4.69, 9.17) is 21.1 Å². The van der Waals surface area contributed by atoms with Crippen molar-refractivity contribution in [2.75, 3.05) is 18.5 Å². The Morgan fingerprint density at radius 1 is 1.04 bits per heavy atom. The van der Waals surface area contributed by atoms with Gasteiger partial charge in [0, 0.05) is 17.1 Å². The van der Waals surface area contributed by atoms with Gasteiger partial charge in [-0.1, -0.05) is 29.8 Å². The molecule has 144 valence electrons. The second-order valence-corrected chi connectivity index (χ2v) is 6.75. The van der Waals surface area contributed by atoms with Gasteiger partial charge in [-0.25, -0.2) is 0 Å². The van der Waals surface area contributed by atoms with Gasteiger partial charge in [0.15, 0.2) is 6.61 Å². The quantitative estimate of drug-likeness (QED) is 0.529. The number of benzene rings is 2. The lowest BCUT2D eigenvalue weighted by atomic mass is 10.1. The second-order valence-electron chi connectivity index (χ2n) is 6.34. The Morgan fingerprint density at radius 2 is 1.74 bits per heavy atom. The molecule has 5 nitrogen and oxygen atoms in total. The number of halogens is 1. The lowest BCUT2D eigenvalue weighted by Gasteiger charge is -2.11. The number of carbonyl (C=O) groups excluding carboxylic acids is 2. The molecule has 0 unspecified atom stereocenters. The van der Waals surface area contributed by atoms with Crippen LogP contribution in [0, 0.1) is 20.8 Å². The van der Waals surface area contributed by atoms with Crippen LogP contribution in [0.25, 0.3) is 0 Å². The molecule has 0 aliphatic heterocycles. The molecule has 0 fully saturated rings. The number of hydrogen-bond donors (Lipinski definition) is 1. The molecule has 0 saturated heterocycles. The van der Waals surface area contributed by atoms with E-state index < -0.39 is 5.97 Å². The van der Waals surface area contributed by atoms with Gasteiger partial charge in [-0.2, -0.15) is 0 Å². The zero-order chi connectivity index (χ0) is 19.8. The van der Waals surface area contributed by atoms with E-state index in [9.17, 15) is 9.59 Å². The molecule has 0 aliphatic rings. The molecule has 0 aliphatic carbocycles. The van der Waals surface area contributed by atoms with Crippen molar-refractivity contribution in [1.29, 1.82) is 0 Å². The Labute approximate surface area is 164 Å². The smallest absolute Gasteiger partial charge is 0.306 e. The zero-order valence-corrected chi connectivity index (χ0v) is 16.6. The van der Waals surface area contributed by atoms with Crippen molar-refractivity contribution in [1.82, 2.24) is 0 Å². The number of aryl methyl sites for hydroxylation is 3. The normalized spacial score (nSPS) is 10.4. The number of hydrogen-bond acceptors (Lipinski definition) is 4. The van der Waals surface area contributed by atoms with Gasteiger partial charge in [0.2, 0.25) is 0 Å². The molecule has 2 aromatic carbocycles. The number of amides is 1. The van der Waals surface area contributed by atoms with Gasteiger partial charge in [-0.15, -0.1) is 0 Å². The minimum atomic E-state index is -0.428. The van der Waals surface area contributed by atoms with Crippen molar-refractivity contribution in [2.24, 2.45) is 0 Å². The fraction of sp³-hybridized carbons (Fsp3) is 0.333. The summed E-state index contributed by atoms with van der Waals surface area (Å²) >= 11 is 5.96. The first-order valence-electron chi connectivity index (χ1n) is 8.77. The molecule has 0 bridgehead atoms. The molecular weight excluding hydrogens is 366 g/mol. The lowest BCUT2D eigenvalue weighted by Crippen LogP contribution is -2.22. The number of carbonyl (C=O) groups is 2. The molecule has 0 heterocycles. The molecule has 1 N–H and O–H groups in total. The molecule has 0 saturated carbocycles. The Kier molecular flexibility index (Phi) is 7.67. The van der Waals surface area contributed by atoms with Gasteiger partial charge in [0.25, 0.3) is 5.91 Å². The molecule has 27 heavy (non-hydrogen) atoms. The molecule has 2 aromatic rings. The summed E-state index contributed by atoms with van der Waals surface area (Å²) in [6, 6.07) is 11.2. The van der Waals surface area contributed by atoms with E-state index in [0.29, 0.717) is 23.8 Å². The summed E-state index contributed by atoms with van der Waals surface area (Å²) in [5.74, 6) is -0.0746. The van der Waals surface area contributed by atoms with Crippen LogP contribution in [0.15, 0.2) is 36.4 Å². The van der Waals surface area contributed by atoms with Crippen LogP contribution in [-0.4, -0.2) is 25.1 Å². The molecule has 6 heteroatoms. The molecule has 0 aromatic heterocycles. The lowest BCUT2D eigenvalue weighted by molar-refractivity contribution is -0.147. The van der Waals surface area contributed by atoms with Gasteiger partial charge in [-0.05, 0) is 62.1 Å². The van der Waals surface area contributed by atoms with Gasteiger partial charge in [-0.3, -0.25) is 9.59 Å². The number of esters is 1. The highest BCUT2D eigenvalue weighted by Gasteiger charge is 2.10. The average Bonchev–Trinajstić information content (AvgIpc) is 2.63. The monoisotopic (exact) mass is 389 g/mol. The van der Waals surface area contributed by atoms with E-state index in [-0.39, 0.29) is 18.9 Å². The van der Waals surface area contributed by atoms with Crippen molar-refractivity contribution in [2.45, 2.75) is 33.6 Å². The van der Waals surface area contributed by atoms with Crippen LogP contribution in [0.4, 0.5) is 5.69 Å². The number of para-hydroxylation sites is 1. The summed E-state index contributed by atoms with van der Waals surface area (Å²) < 4.78 is 10.6. The second kappa shape index (κ2) is 9.97. The summed E-state index contributed by atoms with van der Waals surface area (Å²) in [5, 5.41) is 3.47. The number of nitrogens with one attached hydrogen (secondary N) is 1. The first-order valence-corrected chi connectivity index (χ1v) is 9.15. The SMILES string of the molecule is Cc1cc(OCCCC(=O)OCC(=O)Nc2c(C)cccc2C)ccc1Cl. The van der Waals surface area contributed by atoms with Crippen molar-refractivity contribution < 1.29 is 19.1 Å². The maximum absolute atomic E-state index is 12.0. The van der Waals surface area contributed by atoms with Crippen LogP contribution in [0.2, 0.25) is 5.02 Å². The Bertz CT molecular complexity index is 800. The van der Waals surface area contributed by atoms with Gasteiger partial charge < -0.3 is 14.8 Å². The van der Waals surface area contributed by atoms with Crippen LogP contribution in [0.3, 0.4) is 0 Å². The summed E-state index contributed by atoms with van der Waals surface area (Å²) in [5.41, 5.74) is 3.61. The fourth-order valence-corrected chi connectivity index (χ4v) is 2.64. The molecule has 0 spiro atoms. The average molecular weight is 390 g/mol. The first-order chi connectivity index (χ1) is 12.9. The summed E-state index contributed by atoms with van der Waals surface area (Å²) in [7, 11) is 0. The predicted molar refractivity (Wildman–Crippen MR) is 106 cm³/mol. The van der Waals surface area contributed by atoms with Crippen LogP contribution in [0.1, 0.15) is 29.5 Å². The predicted octanol–water partition coefficient (Wildman–Crippen LogP) is 4.61. The van der Waals surface area contributed by atoms with Crippen molar-refractivity contribution in [3.05, 3.63) is 58.1 Å².